The molecule has 2 aliphatic heterocycles. The molecule has 0 bridgehead atoms. The van der Waals surface area contributed by atoms with Crippen LogP contribution in [0.15, 0.2) is 0 Å². The van der Waals surface area contributed by atoms with E-state index >= 15 is 0 Å². The van der Waals surface area contributed by atoms with Gasteiger partial charge in [-0.1, -0.05) is 6.92 Å². The number of hydrogen-bond donors (Lipinski definition) is 1. The van der Waals surface area contributed by atoms with E-state index in [9.17, 15) is 0 Å². The first-order valence-corrected chi connectivity index (χ1v) is 8.42. The third kappa shape index (κ3) is 3.73. The molecule has 2 rings (SSSR count). The van der Waals surface area contributed by atoms with Crippen LogP contribution in [0, 0.1) is 0 Å². The van der Waals surface area contributed by atoms with E-state index in [2.05, 4.69) is 30.6 Å². The van der Waals surface area contributed by atoms with Crippen molar-refractivity contribution < 1.29 is 4.74 Å². The molecule has 20 heavy (non-hydrogen) atoms. The second-order valence-corrected chi connectivity index (χ2v) is 6.79. The molecule has 0 amide bonds. The highest BCUT2D eigenvalue weighted by Crippen LogP contribution is 2.31. The van der Waals surface area contributed by atoms with Crippen LogP contribution in [-0.2, 0) is 4.74 Å². The van der Waals surface area contributed by atoms with Gasteiger partial charge < -0.3 is 15.4 Å². The van der Waals surface area contributed by atoms with Gasteiger partial charge in [0.05, 0.1) is 12.2 Å². The van der Waals surface area contributed by atoms with Crippen molar-refractivity contribution in [3.8, 4) is 0 Å². The maximum Gasteiger partial charge on any atom is 0.0678 e. The van der Waals surface area contributed by atoms with Crippen molar-refractivity contribution in [3.05, 3.63) is 0 Å². The summed E-state index contributed by atoms with van der Waals surface area (Å²) in [5, 5.41) is 0. The first-order chi connectivity index (χ1) is 9.59. The quantitative estimate of drug-likeness (QED) is 0.852. The van der Waals surface area contributed by atoms with Gasteiger partial charge >= 0.3 is 0 Å². The van der Waals surface area contributed by atoms with Crippen molar-refractivity contribution >= 4 is 0 Å². The molecular formula is C16H33N3O. The second kappa shape index (κ2) is 7.21. The number of likely N-dealkylation sites (tertiary alicyclic amines) is 1. The molecule has 2 fully saturated rings. The van der Waals surface area contributed by atoms with Crippen LogP contribution in [0.2, 0.25) is 0 Å². The van der Waals surface area contributed by atoms with Crippen LogP contribution in [0.1, 0.15) is 46.5 Å². The molecule has 0 spiro atoms. The highest BCUT2D eigenvalue weighted by Gasteiger charge is 2.40. The van der Waals surface area contributed by atoms with E-state index in [-0.39, 0.29) is 5.54 Å². The van der Waals surface area contributed by atoms with Crippen molar-refractivity contribution in [2.24, 2.45) is 5.73 Å². The molecule has 2 aliphatic rings. The molecule has 0 aromatic heterocycles. The number of nitrogens with zero attached hydrogens (tertiary/aromatic N) is 2. The maximum atomic E-state index is 6.25. The molecule has 4 nitrogen and oxygen atoms in total. The number of hydrogen-bond acceptors (Lipinski definition) is 4. The van der Waals surface area contributed by atoms with Gasteiger partial charge in [0.2, 0.25) is 0 Å². The van der Waals surface area contributed by atoms with Gasteiger partial charge in [0.1, 0.15) is 0 Å². The summed E-state index contributed by atoms with van der Waals surface area (Å²) in [5.41, 5.74) is 6.45. The monoisotopic (exact) mass is 283 g/mol. The first-order valence-electron chi connectivity index (χ1n) is 8.42. The fraction of sp³-hybridized carbons (Fsp3) is 1.00. The fourth-order valence-corrected chi connectivity index (χ4v) is 3.99. The molecule has 3 atom stereocenters. The van der Waals surface area contributed by atoms with E-state index in [4.69, 9.17) is 10.5 Å². The molecule has 0 aromatic carbocycles. The summed E-state index contributed by atoms with van der Waals surface area (Å²) >= 11 is 0. The lowest BCUT2D eigenvalue weighted by Gasteiger charge is -2.48. The van der Waals surface area contributed by atoms with E-state index in [0.717, 1.165) is 19.6 Å². The van der Waals surface area contributed by atoms with E-state index in [0.29, 0.717) is 12.2 Å². The van der Waals surface area contributed by atoms with Gasteiger partial charge in [-0.25, -0.2) is 0 Å². The molecule has 0 saturated carbocycles. The molecule has 2 heterocycles. The number of morpholine rings is 1. The topological polar surface area (TPSA) is 41.7 Å². The Balaban J connectivity index is 2.04. The number of ether oxygens (including phenoxy) is 1. The molecule has 2 saturated heterocycles. The summed E-state index contributed by atoms with van der Waals surface area (Å²) < 4.78 is 5.89. The lowest BCUT2D eigenvalue weighted by Crippen LogP contribution is -2.60. The Labute approximate surface area is 124 Å². The van der Waals surface area contributed by atoms with Crippen molar-refractivity contribution in [2.75, 3.05) is 39.3 Å². The minimum absolute atomic E-state index is 0.203. The third-order valence-corrected chi connectivity index (χ3v) is 5.02. The molecule has 0 aromatic rings. The van der Waals surface area contributed by atoms with Crippen molar-refractivity contribution in [1.29, 1.82) is 0 Å². The molecule has 2 N–H and O–H groups in total. The van der Waals surface area contributed by atoms with Crippen LogP contribution < -0.4 is 5.73 Å². The van der Waals surface area contributed by atoms with Gasteiger partial charge in [-0.05, 0) is 59.2 Å². The minimum atomic E-state index is 0.203. The van der Waals surface area contributed by atoms with Crippen LogP contribution in [0.3, 0.4) is 0 Å². The summed E-state index contributed by atoms with van der Waals surface area (Å²) in [4.78, 5) is 5.26. The lowest BCUT2D eigenvalue weighted by molar-refractivity contribution is -0.103. The molecule has 0 radical (unpaired) electrons. The van der Waals surface area contributed by atoms with Crippen molar-refractivity contribution in [1.82, 2.24) is 9.80 Å². The van der Waals surface area contributed by atoms with Crippen LogP contribution >= 0.6 is 0 Å². The molecule has 118 valence electrons. The summed E-state index contributed by atoms with van der Waals surface area (Å²) in [6.07, 6.45) is 5.64. The smallest absolute Gasteiger partial charge is 0.0678 e. The summed E-state index contributed by atoms with van der Waals surface area (Å²) in [6.45, 7) is 13.2. The highest BCUT2D eigenvalue weighted by molar-refractivity contribution is 4.97. The zero-order chi connectivity index (χ0) is 14.6. The summed E-state index contributed by atoms with van der Waals surface area (Å²) in [5.74, 6) is 0. The lowest BCUT2D eigenvalue weighted by atomic mass is 9.87. The Hall–Kier alpha value is -0.160. The van der Waals surface area contributed by atoms with Crippen LogP contribution in [0.5, 0.6) is 0 Å². The Bertz CT molecular complexity index is 289. The average molecular weight is 283 g/mol. The van der Waals surface area contributed by atoms with Gasteiger partial charge in [-0.2, -0.15) is 0 Å². The largest absolute Gasteiger partial charge is 0.373 e. The Morgan fingerprint density at radius 2 is 1.85 bits per heavy atom. The van der Waals surface area contributed by atoms with Gasteiger partial charge in [-0.3, -0.25) is 4.90 Å². The minimum Gasteiger partial charge on any atom is -0.373 e. The first kappa shape index (κ1) is 16.2. The third-order valence-electron chi connectivity index (χ3n) is 5.02. The predicted molar refractivity (Wildman–Crippen MR) is 83.9 cm³/mol. The fourth-order valence-electron chi connectivity index (χ4n) is 3.99. The average Bonchev–Trinajstić information content (AvgIpc) is 2.61. The summed E-state index contributed by atoms with van der Waals surface area (Å²) in [7, 11) is 0. The normalized spacial score (nSPS) is 37.8. The zero-order valence-corrected chi connectivity index (χ0v) is 13.6. The van der Waals surface area contributed by atoms with Crippen LogP contribution in [0.4, 0.5) is 0 Å². The number of rotatable bonds is 4. The van der Waals surface area contributed by atoms with Crippen LogP contribution in [0.25, 0.3) is 0 Å². The Kier molecular flexibility index (Phi) is 5.84. The van der Waals surface area contributed by atoms with E-state index in [1.165, 1.54) is 45.3 Å². The highest BCUT2D eigenvalue weighted by atomic mass is 16.5. The zero-order valence-electron chi connectivity index (χ0n) is 13.6. The van der Waals surface area contributed by atoms with E-state index in [1.807, 2.05) is 0 Å². The molecule has 4 heteroatoms. The standard InChI is InChI=1S/C16H33N3O/c1-4-8-18-9-5-6-16(13-17,7-10-18)19-11-14(2)20-15(3)12-19/h14-15H,4-13,17H2,1-3H3/t14-,15+,16?. The van der Waals surface area contributed by atoms with Crippen LogP contribution in [-0.4, -0.2) is 66.8 Å². The Morgan fingerprint density at radius 3 is 2.45 bits per heavy atom. The van der Waals surface area contributed by atoms with Gasteiger partial charge in [-0.15, -0.1) is 0 Å². The Morgan fingerprint density at radius 1 is 1.15 bits per heavy atom. The molecule has 1 unspecified atom stereocenters. The van der Waals surface area contributed by atoms with Crippen molar-refractivity contribution in [2.45, 2.75) is 64.2 Å². The van der Waals surface area contributed by atoms with Gasteiger partial charge in [0.25, 0.3) is 0 Å². The number of nitrogens with two attached hydrogens (primary N) is 1. The summed E-state index contributed by atoms with van der Waals surface area (Å²) in [6, 6.07) is 0. The van der Waals surface area contributed by atoms with E-state index in [1.54, 1.807) is 0 Å². The van der Waals surface area contributed by atoms with E-state index < -0.39 is 0 Å². The predicted octanol–water partition coefficient (Wildman–Crippen LogP) is 1.69. The van der Waals surface area contributed by atoms with Gasteiger partial charge in [0.15, 0.2) is 0 Å². The van der Waals surface area contributed by atoms with Crippen molar-refractivity contribution in [3.63, 3.8) is 0 Å². The maximum absolute atomic E-state index is 6.25. The SMILES string of the molecule is CCCN1CCCC(CN)(N2C[C@@H](C)O[C@@H](C)C2)CC1. The molecular weight excluding hydrogens is 250 g/mol. The molecule has 0 aliphatic carbocycles. The second-order valence-electron chi connectivity index (χ2n) is 6.79. The van der Waals surface area contributed by atoms with Gasteiger partial charge in [0, 0.05) is 25.2 Å².